The Morgan fingerprint density at radius 3 is 2.47 bits per heavy atom. The number of benzene rings is 1. The van der Waals surface area contributed by atoms with Crippen molar-refractivity contribution in [3.05, 3.63) is 29.8 Å². The lowest BCUT2D eigenvalue weighted by Crippen LogP contribution is -2.20. The van der Waals surface area contributed by atoms with Gasteiger partial charge in [-0.3, -0.25) is 0 Å². The molecule has 0 bridgehead atoms. The van der Waals surface area contributed by atoms with Gasteiger partial charge < -0.3 is 14.9 Å². The zero-order valence-corrected chi connectivity index (χ0v) is 9.24. The van der Waals surface area contributed by atoms with Crippen molar-refractivity contribution in [3.63, 3.8) is 0 Å². The molecule has 0 aliphatic heterocycles. The molecule has 7 heteroatoms. The van der Waals surface area contributed by atoms with Crippen LogP contribution in [0.3, 0.4) is 0 Å². The molecule has 1 rings (SSSR count). The van der Waals surface area contributed by atoms with Gasteiger partial charge in [-0.25, -0.2) is 0 Å². The summed E-state index contributed by atoms with van der Waals surface area (Å²) in [5, 5.41) is 18.8. The first kappa shape index (κ1) is 14.1. The Bertz CT molecular complexity index is 370. The maximum Gasteiger partial charge on any atom is 0.573 e. The van der Waals surface area contributed by atoms with Crippen LogP contribution in [0.4, 0.5) is 13.2 Å². The van der Waals surface area contributed by atoms with Crippen LogP contribution in [0.15, 0.2) is 24.3 Å². The van der Waals surface area contributed by atoms with Crippen molar-refractivity contribution in [1.82, 2.24) is 0 Å². The smallest absolute Gasteiger partial charge is 0.406 e. The maximum absolute atomic E-state index is 11.9. The minimum Gasteiger partial charge on any atom is -0.406 e. The van der Waals surface area contributed by atoms with E-state index >= 15 is 0 Å². The fourth-order valence-corrected chi connectivity index (χ4v) is 1.37. The van der Waals surface area contributed by atoms with Crippen LogP contribution in [0.2, 0.25) is 0 Å². The van der Waals surface area contributed by atoms with E-state index in [0.717, 1.165) is 12.1 Å². The largest absolute Gasteiger partial charge is 0.573 e. The molecule has 0 saturated heterocycles. The van der Waals surface area contributed by atoms with E-state index in [0.29, 0.717) is 0 Å². The van der Waals surface area contributed by atoms with Gasteiger partial charge in [0, 0.05) is 0 Å². The van der Waals surface area contributed by atoms with Crippen LogP contribution >= 0.6 is 11.6 Å². The molecule has 1 aromatic rings. The van der Waals surface area contributed by atoms with Gasteiger partial charge in [0.2, 0.25) is 0 Å². The SMILES string of the molecule is OC(CCl)C(O)c1cccc(OC(F)(F)F)c1. The molecule has 0 aromatic heterocycles. The van der Waals surface area contributed by atoms with Gasteiger partial charge in [-0.2, -0.15) is 0 Å². The number of aliphatic hydroxyl groups excluding tert-OH is 2. The molecule has 0 heterocycles. The highest BCUT2D eigenvalue weighted by Crippen LogP contribution is 2.26. The van der Waals surface area contributed by atoms with E-state index in [4.69, 9.17) is 11.6 Å². The van der Waals surface area contributed by atoms with Gasteiger partial charge in [0.1, 0.15) is 11.9 Å². The summed E-state index contributed by atoms with van der Waals surface area (Å²) in [6.07, 6.45) is -7.41. The lowest BCUT2D eigenvalue weighted by molar-refractivity contribution is -0.274. The summed E-state index contributed by atoms with van der Waals surface area (Å²) < 4.78 is 39.5. The molecular formula is C10H10ClF3O3. The summed E-state index contributed by atoms with van der Waals surface area (Å²) in [5.41, 5.74) is 0.0971. The van der Waals surface area contributed by atoms with Gasteiger partial charge in [0.15, 0.2) is 0 Å². The standard InChI is InChI=1S/C10H10ClF3O3/c11-5-8(15)9(16)6-2-1-3-7(4-6)17-10(12,13)14/h1-4,8-9,15-16H,5H2. The number of alkyl halides is 4. The first-order chi connectivity index (χ1) is 7.83. The van der Waals surface area contributed by atoms with Crippen LogP contribution in [0, 0.1) is 0 Å². The maximum atomic E-state index is 11.9. The lowest BCUT2D eigenvalue weighted by Gasteiger charge is -2.17. The lowest BCUT2D eigenvalue weighted by atomic mass is 10.1. The molecule has 3 nitrogen and oxygen atoms in total. The summed E-state index contributed by atoms with van der Waals surface area (Å²) in [5.74, 6) is -0.693. The first-order valence-electron chi connectivity index (χ1n) is 4.61. The third-order valence-corrected chi connectivity index (χ3v) is 2.27. The zero-order chi connectivity index (χ0) is 13.1. The third kappa shape index (κ3) is 4.41. The average Bonchev–Trinajstić information content (AvgIpc) is 2.25. The van der Waals surface area contributed by atoms with Gasteiger partial charge in [-0.05, 0) is 17.7 Å². The Morgan fingerprint density at radius 2 is 1.94 bits per heavy atom. The minimum atomic E-state index is -4.80. The molecule has 0 spiro atoms. The van der Waals surface area contributed by atoms with Gasteiger partial charge >= 0.3 is 6.36 Å². The number of halogens is 4. The molecule has 0 radical (unpaired) electrons. The van der Waals surface area contributed by atoms with Crippen LogP contribution in [0.1, 0.15) is 11.7 Å². The molecule has 0 saturated carbocycles. The fraction of sp³-hybridized carbons (Fsp3) is 0.400. The van der Waals surface area contributed by atoms with Gasteiger partial charge in [-0.15, -0.1) is 24.8 Å². The van der Waals surface area contributed by atoms with E-state index < -0.39 is 24.3 Å². The van der Waals surface area contributed by atoms with E-state index in [2.05, 4.69) is 4.74 Å². The highest BCUT2D eigenvalue weighted by Gasteiger charge is 2.31. The molecular weight excluding hydrogens is 261 g/mol. The zero-order valence-electron chi connectivity index (χ0n) is 8.49. The van der Waals surface area contributed by atoms with Crippen molar-refractivity contribution in [2.75, 3.05) is 5.88 Å². The third-order valence-electron chi connectivity index (χ3n) is 1.96. The van der Waals surface area contributed by atoms with Crippen molar-refractivity contribution in [2.45, 2.75) is 18.6 Å². The number of ether oxygens (including phenoxy) is 1. The summed E-state index contributed by atoms with van der Waals surface area (Å²) in [6.45, 7) is 0. The highest BCUT2D eigenvalue weighted by atomic mass is 35.5. The normalized spacial score (nSPS) is 15.4. The quantitative estimate of drug-likeness (QED) is 0.825. The average molecular weight is 271 g/mol. The molecule has 2 unspecified atom stereocenters. The van der Waals surface area contributed by atoms with Crippen LogP contribution in [-0.2, 0) is 0 Å². The first-order valence-corrected chi connectivity index (χ1v) is 5.15. The van der Waals surface area contributed by atoms with E-state index in [9.17, 15) is 23.4 Å². The predicted molar refractivity (Wildman–Crippen MR) is 54.8 cm³/mol. The molecule has 0 fully saturated rings. The predicted octanol–water partition coefficient (Wildman–Crippen LogP) is 2.22. The van der Waals surface area contributed by atoms with Crippen LogP contribution in [0.5, 0.6) is 5.75 Å². The molecule has 17 heavy (non-hydrogen) atoms. The van der Waals surface area contributed by atoms with Gasteiger partial charge in [0.05, 0.1) is 12.0 Å². The second-order valence-corrected chi connectivity index (χ2v) is 3.60. The highest BCUT2D eigenvalue weighted by molar-refractivity contribution is 6.18. The number of rotatable bonds is 4. The van der Waals surface area contributed by atoms with Gasteiger partial charge in [-0.1, -0.05) is 12.1 Å². The minimum absolute atomic E-state index is 0.0971. The van der Waals surface area contributed by atoms with Crippen LogP contribution in [0.25, 0.3) is 0 Å². The van der Waals surface area contributed by atoms with Crippen molar-refractivity contribution >= 4 is 11.6 Å². The van der Waals surface area contributed by atoms with Crippen molar-refractivity contribution < 1.29 is 28.1 Å². The Hall–Kier alpha value is -0.980. The Kier molecular flexibility index (Phi) is 4.62. The van der Waals surface area contributed by atoms with Crippen molar-refractivity contribution in [3.8, 4) is 5.75 Å². The van der Waals surface area contributed by atoms with Crippen LogP contribution in [-0.4, -0.2) is 28.6 Å². The number of hydrogen-bond acceptors (Lipinski definition) is 3. The Balaban J connectivity index is 2.86. The molecule has 0 aliphatic carbocycles. The molecule has 96 valence electrons. The molecule has 2 N–H and O–H groups in total. The second kappa shape index (κ2) is 5.57. The summed E-state index contributed by atoms with van der Waals surface area (Å²) in [6, 6.07) is 4.73. The summed E-state index contributed by atoms with van der Waals surface area (Å²) >= 11 is 5.32. The van der Waals surface area contributed by atoms with Crippen molar-refractivity contribution in [2.24, 2.45) is 0 Å². The molecule has 1 aromatic carbocycles. The van der Waals surface area contributed by atoms with E-state index in [-0.39, 0.29) is 11.4 Å². The fourth-order valence-electron chi connectivity index (χ4n) is 1.20. The number of aliphatic hydroxyl groups is 2. The van der Waals surface area contributed by atoms with E-state index in [1.807, 2.05) is 0 Å². The topological polar surface area (TPSA) is 49.7 Å². The van der Waals surface area contributed by atoms with Gasteiger partial charge in [0.25, 0.3) is 0 Å². The molecule has 0 amide bonds. The van der Waals surface area contributed by atoms with E-state index in [1.165, 1.54) is 12.1 Å². The molecule has 2 atom stereocenters. The monoisotopic (exact) mass is 270 g/mol. The Labute approximate surface area is 100 Å². The van der Waals surface area contributed by atoms with E-state index in [1.54, 1.807) is 0 Å². The second-order valence-electron chi connectivity index (χ2n) is 3.29. The number of hydrogen-bond donors (Lipinski definition) is 2. The molecule has 0 aliphatic rings. The Morgan fingerprint density at radius 1 is 1.29 bits per heavy atom. The van der Waals surface area contributed by atoms with Crippen LogP contribution < -0.4 is 4.74 Å². The summed E-state index contributed by atoms with van der Waals surface area (Å²) in [7, 11) is 0. The van der Waals surface area contributed by atoms with Crippen molar-refractivity contribution in [1.29, 1.82) is 0 Å². The summed E-state index contributed by atoms with van der Waals surface area (Å²) in [4.78, 5) is 0.